The number of aliphatic carboxylic acids is 1. The Hall–Kier alpha value is -0.620. The summed E-state index contributed by atoms with van der Waals surface area (Å²) in [6.45, 7) is 5.88. The predicted molar refractivity (Wildman–Crippen MR) is 67.8 cm³/mol. The number of carboxylic acids is 1. The molecule has 0 aliphatic rings. The van der Waals surface area contributed by atoms with Gasteiger partial charge in [0.15, 0.2) is 9.84 Å². The highest BCUT2D eigenvalue weighted by molar-refractivity contribution is 7.91. The molecule has 0 heterocycles. The van der Waals surface area contributed by atoms with Gasteiger partial charge in [0.25, 0.3) is 0 Å². The fourth-order valence-corrected chi connectivity index (χ4v) is 2.80. The maximum absolute atomic E-state index is 11.4. The standard InChI is InChI=1S/C11H23NO4S/c1-4-6-17(15,16)7-5-12-10(11(13)14)8-9(2)3/h9-10,12H,4-8H2,1-3H3,(H,13,14). The van der Waals surface area contributed by atoms with Crippen LogP contribution in [0.5, 0.6) is 0 Å². The van der Waals surface area contributed by atoms with Crippen LogP contribution < -0.4 is 5.32 Å². The smallest absolute Gasteiger partial charge is 0.320 e. The van der Waals surface area contributed by atoms with Crippen LogP contribution in [0.4, 0.5) is 0 Å². The van der Waals surface area contributed by atoms with Crippen LogP contribution in [0.3, 0.4) is 0 Å². The molecule has 0 spiro atoms. The average molecular weight is 265 g/mol. The summed E-state index contributed by atoms with van der Waals surface area (Å²) in [6, 6.07) is -0.660. The molecule has 0 rings (SSSR count). The third kappa shape index (κ3) is 8.15. The molecular weight excluding hydrogens is 242 g/mol. The molecule has 0 aromatic rings. The number of hydrogen-bond acceptors (Lipinski definition) is 4. The van der Waals surface area contributed by atoms with Crippen molar-refractivity contribution in [3.05, 3.63) is 0 Å². The van der Waals surface area contributed by atoms with Gasteiger partial charge in [0.2, 0.25) is 0 Å². The van der Waals surface area contributed by atoms with Crippen molar-refractivity contribution in [1.82, 2.24) is 5.32 Å². The molecule has 0 bridgehead atoms. The van der Waals surface area contributed by atoms with Crippen LogP contribution in [0.15, 0.2) is 0 Å². The molecule has 6 heteroatoms. The van der Waals surface area contributed by atoms with Gasteiger partial charge >= 0.3 is 5.97 Å². The minimum Gasteiger partial charge on any atom is -0.480 e. The van der Waals surface area contributed by atoms with E-state index in [2.05, 4.69) is 5.32 Å². The van der Waals surface area contributed by atoms with E-state index < -0.39 is 21.8 Å². The third-order valence-electron chi connectivity index (χ3n) is 2.32. The molecule has 0 amide bonds. The summed E-state index contributed by atoms with van der Waals surface area (Å²) < 4.78 is 22.8. The Morgan fingerprint density at radius 3 is 2.29 bits per heavy atom. The highest BCUT2D eigenvalue weighted by Gasteiger charge is 2.19. The molecule has 0 saturated carbocycles. The molecule has 1 unspecified atom stereocenters. The van der Waals surface area contributed by atoms with Gasteiger partial charge in [-0.05, 0) is 18.8 Å². The number of nitrogens with one attached hydrogen (secondary N) is 1. The maximum atomic E-state index is 11.4. The highest BCUT2D eigenvalue weighted by atomic mass is 32.2. The Morgan fingerprint density at radius 2 is 1.88 bits per heavy atom. The topological polar surface area (TPSA) is 83.5 Å². The Kier molecular flexibility index (Phi) is 7.38. The Labute approximate surface area is 104 Å². The highest BCUT2D eigenvalue weighted by Crippen LogP contribution is 2.04. The van der Waals surface area contributed by atoms with Crippen LogP contribution >= 0.6 is 0 Å². The van der Waals surface area contributed by atoms with Crippen molar-refractivity contribution < 1.29 is 18.3 Å². The summed E-state index contributed by atoms with van der Waals surface area (Å²) >= 11 is 0. The SMILES string of the molecule is CCCS(=O)(=O)CCNC(CC(C)C)C(=O)O. The van der Waals surface area contributed by atoms with Crippen LogP contribution in [0.2, 0.25) is 0 Å². The largest absolute Gasteiger partial charge is 0.480 e. The van der Waals surface area contributed by atoms with Gasteiger partial charge in [0.05, 0.1) is 5.75 Å². The Morgan fingerprint density at radius 1 is 1.29 bits per heavy atom. The first-order valence-corrected chi connectivity index (χ1v) is 7.77. The Bertz CT molecular complexity index is 324. The van der Waals surface area contributed by atoms with E-state index in [4.69, 9.17) is 5.11 Å². The van der Waals surface area contributed by atoms with Crippen LogP contribution in [0.1, 0.15) is 33.6 Å². The van der Waals surface area contributed by atoms with E-state index in [1.165, 1.54) is 0 Å². The first-order valence-electron chi connectivity index (χ1n) is 5.95. The van der Waals surface area contributed by atoms with Crippen molar-refractivity contribution >= 4 is 15.8 Å². The van der Waals surface area contributed by atoms with Crippen LogP contribution in [0, 0.1) is 5.92 Å². The van der Waals surface area contributed by atoms with E-state index in [0.717, 1.165) is 0 Å². The lowest BCUT2D eigenvalue weighted by Crippen LogP contribution is -2.40. The van der Waals surface area contributed by atoms with E-state index >= 15 is 0 Å². The van der Waals surface area contributed by atoms with Crippen LogP contribution in [0.25, 0.3) is 0 Å². The molecule has 5 nitrogen and oxygen atoms in total. The normalized spacial score (nSPS) is 13.9. The number of carbonyl (C=O) groups is 1. The minimum absolute atomic E-state index is 0.00269. The first-order chi connectivity index (χ1) is 7.78. The molecule has 0 saturated heterocycles. The van der Waals surface area contributed by atoms with E-state index in [0.29, 0.717) is 12.8 Å². The quantitative estimate of drug-likeness (QED) is 0.647. The summed E-state index contributed by atoms with van der Waals surface area (Å²) in [7, 11) is -3.04. The van der Waals surface area contributed by atoms with E-state index in [1.54, 1.807) is 0 Å². The van der Waals surface area contributed by atoms with Crippen molar-refractivity contribution in [3.8, 4) is 0 Å². The summed E-state index contributed by atoms with van der Waals surface area (Å²) in [6.07, 6.45) is 1.10. The molecule has 0 aliphatic heterocycles. The van der Waals surface area contributed by atoms with Gasteiger partial charge in [0.1, 0.15) is 6.04 Å². The van der Waals surface area contributed by atoms with Crippen molar-refractivity contribution in [1.29, 1.82) is 0 Å². The number of rotatable bonds is 9. The lowest BCUT2D eigenvalue weighted by atomic mass is 10.0. The van der Waals surface area contributed by atoms with Gasteiger partial charge in [-0.2, -0.15) is 0 Å². The second-order valence-corrected chi connectivity index (χ2v) is 6.93. The van der Waals surface area contributed by atoms with Gasteiger partial charge in [-0.25, -0.2) is 8.42 Å². The number of sulfone groups is 1. The lowest BCUT2D eigenvalue weighted by molar-refractivity contribution is -0.139. The molecule has 0 aliphatic carbocycles. The molecule has 0 fully saturated rings. The summed E-state index contributed by atoms with van der Waals surface area (Å²) in [4.78, 5) is 10.9. The zero-order chi connectivity index (χ0) is 13.5. The van der Waals surface area contributed by atoms with Crippen molar-refractivity contribution in [2.24, 2.45) is 5.92 Å². The maximum Gasteiger partial charge on any atom is 0.320 e. The third-order valence-corrected chi connectivity index (χ3v) is 4.18. The fraction of sp³-hybridized carbons (Fsp3) is 0.909. The average Bonchev–Trinajstić information content (AvgIpc) is 2.14. The summed E-state index contributed by atoms with van der Waals surface area (Å²) in [5.74, 6) is -0.498. The first kappa shape index (κ1) is 16.4. The molecule has 0 aromatic heterocycles. The van der Waals surface area contributed by atoms with Crippen molar-refractivity contribution in [2.75, 3.05) is 18.1 Å². The van der Waals surface area contributed by atoms with Gasteiger partial charge in [0, 0.05) is 12.3 Å². The lowest BCUT2D eigenvalue weighted by Gasteiger charge is -2.16. The summed E-state index contributed by atoms with van der Waals surface area (Å²) in [5, 5.41) is 11.7. The second-order valence-electron chi connectivity index (χ2n) is 4.63. The van der Waals surface area contributed by atoms with Crippen LogP contribution in [-0.4, -0.2) is 43.6 Å². The fourth-order valence-electron chi connectivity index (χ4n) is 1.54. The van der Waals surface area contributed by atoms with Gasteiger partial charge in [-0.1, -0.05) is 20.8 Å². The van der Waals surface area contributed by atoms with Crippen LogP contribution in [-0.2, 0) is 14.6 Å². The number of carboxylic acid groups (broad SMARTS) is 1. The molecular formula is C11H23NO4S. The second kappa shape index (κ2) is 7.66. The van der Waals surface area contributed by atoms with E-state index in [1.807, 2.05) is 20.8 Å². The van der Waals surface area contributed by atoms with Gasteiger partial charge in [-0.15, -0.1) is 0 Å². The molecule has 0 aromatic carbocycles. The molecule has 0 radical (unpaired) electrons. The van der Waals surface area contributed by atoms with Gasteiger partial charge < -0.3 is 10.4 Å². The summed E-state index contributed by atoms with van der Waals surface area (Å²) in [5.41, 5.74) is 0. The van der Waals surface area contributed by atoms with Crippen molar-refractivity contribution in [2.45, 2.75) is 39.7 Å². The zero-order valence-corrected chi connectivity index (χ0v) is 11.6. The minimum atomic E-state index is -3.04. The molecule has 1 atom stereocenters. The zero-order valence-electron chi connectivity index (χ0n) is 10.8. The molecule has 2 N–H and O–H groups in total. The van der Waals surface area contributed by atoms with E-state index in [-0.39, 0.29) is 24.0 Å². The Balaban J connectivity index is 4.11. The van der Waals surface area contributed by atoms with Crippen molar-refractivity contribution in [3.63, 3.8) is 0 Å². The molecule has 17 heavy (non-hydrogen) atoms. The predicted octanol–water partition coefficient (Wildman–Crippen LogP) is 0.900. The van der Waals surface area contributed by atoms with E-state index in [9.17, 15) is 13.2 Å². The number of hydrogen-bond donors (Lipinski definition) is 2. The monoisotopic (exact) mass is 265 g/mol. The van der Waals surface area contributed by atoms with Gasteiger partial charge in [-0.3, -0.25) is 4.79 Å². The molecule has 102 valence electrons.